The highest BCUT2D eigenvalue weighted by molar-refractivity contribution is 5.87. The van der Waals surface area contributed by atoms with Crippen LogP contribution in [0.25, 0.3) is 10.8 Å². The van der Waals surface area contributed by atoms with Crippen LogP contribution < -0.4 is 4.74 Å². The summed E-state index contributed by atoms with van der Waals surface area (Å²) in [6, 6.07) is 12.1. The second-order valence-corrected chi connectivity index (χ2v) is 7.73. The summed E-state index contributed by atoms with van der Waals surface area (Å²) in [5.41, 5.74) is 0.870. The average Bonchev–Trinajstić information content (AvgIpc) is 2.70. The zero-order valence-corrected chi connectivity index (χ0v) is 17.1. The van der Waals surface area contributed by atoms with Crippen LogP contribution in [0.5, 0.6) is 5.75 Å². The number of likely N-dealkylation sites (tertiary alicyclic amines) is 1. The molecule has 5 nitrogen and oxygen atoms in total. The van der Waals surface area contributed by atoms with Crippen molar-refractivity contribution in [2.75, 3.05) is 13.7 Å². The van der Waals surface area contributed by atoms with Crippen LogP contribution >= 0.6 is 0 Å². The quantitative estimate of drug-likeness (QED) is 0.723. The molecule has 1 amide bonds. The van der Waals surface area contributed by atoms with Gasteiger partial charge in [0.15, 0.2) is 6.61 Å². The summed E-state index contributed by atoms with van der Waals surface area (Å²) in [6.07, 6.45) is 3.14. The highest BCUT2D eigenvalue weighted by Gasteiger charge is 2.30. The van der Waals surface area contributed by atoms with Gasteiger partial charge >= 0.3 is 5.97 Å². The number of methoxy groups -OCH3 is 1. The van der Waals surface area contributed by atoms with Gasteiger partial charge in [-0.05, 0) is 68.5 Å². The summed E-state index contributed by atoms with van der Waals surface area (Å²) >= 11 is 0. The third kappa shape index (κ3) is 4.29. The molecule has 0 aliphatic carbocycles. The van der Waals surface area contributed by atoms with Crippen molar-refractivity contribution in [2.24, 2.45) is 0 Å². The largest absolute Gasteiger partial charge is 0.497 e. The van der Waals surface area contributed by atoms with Gasteiger partial charge in [0.05, 0.1) is 13.0 Å². The van der Waals surface area contributed by atoms with Gasteiger partial charge in [-0.25, -0.2) is 0 Å². The van der Waals surface area contributed by atoms with Gasteiger partial charge < -0.3 is 14.4 Å². The first kappa shape index (κ1) is 20.2. The van der Waals surface area contributed by atoms with Gasteiger partial charge in [-0.3, -0.25) is 9.59 Å². The fourth-order valence-electron chi connectivity index (χ4n) is 4.02. The molecule has 0 radical (unpaired) electrons. The van der Waals surface area contributed by atoms with E-state index in [2.05, 4.69) is 13.8 Å². The summed E-state index contributed by atoms with van der Waals surface area (Å²) in [5.74, 6) is -0.118. The number of carbonyl (C=O) groups excluding carboxylic acids is 2. The zero-order valence-electron chi connectivity index (χ0n) is 17.1. The van der Waals surface area contributed by atoms with Crippen LogP contribution in [0.4, 0.5) is 0 Å². The van der Waals surface area contributed by atoms with E-state index in [0.717, 1.165) is 41.3 Å². The van der Waals surface area contributed by atoms with Crippen molar-refractivity contribution in [1.82, 2.24) is 4.90 Å². The smallest absolute Gasteiger partial charge is 0.313 e. The molecule has 0 bridgehead atoms. The maximum atomic E-state index is 12.6. The third-order valence-electron chi connectivity index (χ3n) is 5.74. The number of nitrogens with zero attached hydrogens (tertiary/aromatic N) is 1. The first-order chi connectivity index (χ1) is 13.4. The second kappa shape index (κ2) is 8.63. The Kier molecular flexibility index (Phi) is 6.22. The van der Waals surface area contributed by atoms with Crippen molar-refractivity contribution in [1.29, 1.82) is 0 Å². The molecule has 2 aromatic rings. The predicted octanol–water partition coefficient (Wildman–Crippen LogP) is 4.28. The number of amides is 1. The molecule has 2 aromatic carbocycles. The van der Waals surface area contributed by atoms with E-state index in [-0.39, 0.29) is 30.6 Å². The molecule has 1 aliphatic heterocycles. The highest BCUT2D eigenvalue weighted by Crippen LogP contribution is 2.26. The minimum atomic E-state index is -0.435. The average molecular weight is 383 g/mol. The van der Waals surface area contributed by atoms with Crippen LogP contribution in [0.15, 0.2) is 36.4 Å². The molecule has 0 N–H and O–H groups in total. The van der Waals surface area contributed by atoms with Crippen LogP contribution in [0.2, 0.25) is 0 Å². The van der Waals surface area contributed by atoms with Gasteiger partial charge in [-0.15, -0.1) is 0 Å². The maximum Gasteiger partial charge on any atom is 0.313 e. The van der Waals surface area contributed by atoms with Crippen LogP contribution in [0.3, 0.4) is 0 Å². The molecule has 150 valence electrons. The number of esters is 1. The molecule has 0 unspecified atom stereocenters. The monoisotopic (exact) mass is 383 g/mol. The van der Waals surface area contributed by atoms with E-state index in [4.69, 9.17) is 9.47 Å². The van der Waals surface area contributed by atoms with Crippen molar-refractivity contribution in [3.8, 4) is 5.75 Å². The number of benzene rings is 2. The Hall–Kier alpha value is -2.56. The van der Waals surface area contributed by atoms with Crippen LogP contribution in [0, 0.1) is 0 Å². The summed E-state index contributed by atoms with van der Waals surface area (Å²) < 4.78 is 10.6. The van der Waals surface area contributed by atoms with E-state index >= 15 is 0 Å². The number of piperidine rings is 1. The van der Waals surface area contributed by atoms with Crippen LogP contribution in [-0.4, -0.2) is 42.6 Å². The predicted molar refractivity (Wildman–Crippen MR) is 109 cm³/mol. The molecule has 0 aromatic heterocycles. The lowest BCUT2D eigenvalue weighted by atomic mass is 9.97. The Labute approximate surface area is 166 Å². The lowest BCUT2D eigenvalue weighted by molar-refractivity contribution is -0.155. The van der Waals surface area contributed by atoms with Crippen LogP contribution in [0.1, 0.15) is 51.5 Å². The molecule has 1 saturated heterocycles. The number of rotatable bonds is 5. The first-order valence-electron chi connectivity index (χ1n) is 9.96. The summed E-state index contributed by atoms with van der Waals surface area (Å²) in [5, 5.41) is 2.08. The minimum Gasteiger partial charge on any atom is -0.497 e. The number of hydrogen-bond donors (Lipinski definition) is 0. The Morgan fingerprint density at radius 2 is 1.71 bits per heavy atom. The van der Waals surface area contributed by atoms with E-state index in [0.29, 0.717) is 0 Å². The molecule has 28 heavy (non-hydrogen) atoms. The van der Waals surface area contributed by atoms with Crippen molar-refractivity contribution < 1.29 is 19.1 Å². The third-order valence-corrected chi connectivity index (χ3v) is 5.74. The van der Waals surface area contributed by atoms with Crippen LogP contribution in [-0.2, 0) is 14.3 Å². The SMILES string of the molecule is COc1ccc2cc([C@H](C)C(=O)OCC(=O)N3[C@@H](C)CCC[C@@H]3C)ccc2c1. The maximum absolute atomic E-state index is 12.6. The molecule has 1 heterocycles. The summed E-state index contributed by atoms with van der Waals surface area (Å²) in [4.78, 5) is 26.9. The van der Waals surface area contributed by atoms with E-state index in [9.17, 15) is 9.59 Å². The van der Waals surface area contributed by atoms with Gasteiger partial charge in [0.2, 0.25) is 0 Å². The molecule has 0 saturated carbocycles. The Morgan fingerprint density at radius 1 is 1.07 bits per heavy atom. The van der Waals surface area contributed by atoms with Crippen molar-refractivity contribution in [3.63, 3.8) is 0 Å². The fourth-order valence-corrected chi connectivity index (χ4v) is 4.02. The van der Waals surface area contributed by atoms with E-state index in [1.54, 1.807) is 7.11 Å². The lowest BCUT2D eigenvalue weighted by Gasteiger charge is -2.38. The highest BCUT2D eigenvalue weighted by atomic mass is 16.5. The molecule has 1 fully saturated rings. The van der Waals surface area contributed by atoms with Crippen molar-refractivity contribution in [2.45, 2.75) is 58.0 Å². The van der Waals surface area contributed by atoms with Gasteiger partial charge in [-0.2, -0.15) is 0 Å². The number of carbonyl (C=O) groups is 2. The summed E-state index contributed by atoms with van der Waals surface area (Å²) in [6.45, 7) is 5.73. The molecular formula is C23H29NO4. The standard InChI is InChI=1S/C23H29NO4/c1-15-6-5-7-16(2)24(15)22(25)14-28-23(26)17(3)18-8-9-20-13-21(27-4)11-10-19(20)12-18/h8-13,15-17H,5-7,14H2,1-4H3/t15-,16-,17-/m0/s1. The van der Waals surface area contributed by atoms with Crippen molar-refractivity contribution >= 4 is 22.6 Å². The normalized spacial score (nSPS) is 20.6. The number of ether oxygens (including phenoxy) is 2. The van der Waals surface area contributed by atoms with Crippen molar-refractivity contribution in [3.05, 3.63) is 42.0 Å². The molecular weight excluding hydrogens is 354 g/mol. The minimum absolute atomic E-state index is 0.106. The molecule has 0 spiro atoms. The Bertz CT molecular complexity index is 853. The van der Waals surface area contributed by atoms with Gasteiger partial charge in [0, 0.05) is 12.1 Å². The zero-order chi connectivity index (χ0) is 20.3. The summed E-state index contributed by atoms with van der Waals surface area (Å²) in [7, 11) is 1.64. The molecule has 5 heteroatoms. The lowest BCUT2D eigenvalue weighted by Crippen LogP contribution is -2.49. The second-order valence-electron chi connectivity index (χ2n) is 7.73. The topological polar surface area (TPSA) is 55.8 Å². The van der Waals surface area contributed by atoms with E-state index in [1.165, 1.54) is 0 Å². The molecule has 1 aliphatic rings. The first-order valence-corrected chi connectivity index (χ1v) is 9.96. The van der Waals surface area contributed by atoms with Gasteiger partial charge in [0.1, 0.15) is 5.75 Å². The Morgan fingerprint density at radius 3 is 2.39 bits per heavy atom. The van der Waals surface area contributed by atoms with E-state index < -0.39 is 5.92 Å². The van der Waals surface area contributed by atoms with E-state index in [1.807, 2.05) is 48.2 Å². The van der Waals surface area contributed by atoms with Gasteiger partial charge in [0.25, 0.3) is 5.91 Å². The van der Waals surface area contributed by atoms with Gasteiger partial charge in [-0.1, -0.05) is 24.3 Å². The molecule has 3 atom stereocenters. The number of fused-ring (bicyclic) bond motifs is 1. The molecule has 3 rings (SSSR count). The fraction of sp³-hybridized carbons (Fsp3) is 0.478. The number of hydrogen-bond acceptors (Lipinski definition) is 4. The Balaban J connectivity index is 1.64.